The fraction of sp³-hybridized carbons (Fsp3) is 0.600. The standard InChI is InChI=1S/C15H21NO3S/c16-15(10-2-3-10)14(9-17)20-11-4-5-12-13(8-11)19-7-1-6-18-12/h4-5,8,10,14-15,17H,1-3,6-7,9,16H2. The van der Waals surface area contributed by atoms with Crippen molar-refractivity contribution in [2.45, 2.75) is 35.4 Å². The fourth-order valence-corrected chi connectivity index (χ4v) is 3.54. The van der Waals surface area contributed by atoms with E-state index < -0.39 is 0 Å². The summed E-state index contributed by atoms with van der Waals surface area (Å²) in [6.07, 6.45) is 3.29. The average Bonchev–Trinajstić information content (AvgIpc) is 3.29. The molecule has 1 fully saturated rings. The lowest BCUT2D eigenvalue weighted by atomic mass is 10.1. The minimum Gasteiger partial charge on any atom is -0.490 e. The van der Waals surface area contributed by atoms with Crippen molar-refractivity contribution in [3.05, 3.63) is 18.2 Å². The first-order chi connectivity index (χ1) is 9.78. The highest BCUT2D eigenvalue weighted by Gasteiger charge is 2.34. The van der Waals surface area contributed by atoms with Crippen LogP contribution < -0.4 is 15.2 Å². The number of thioether (sulfide) groups is 1. The van der Waals surface area contributed by atoms with Crippen molar-refractivity contribution in [2.24, 2.45) is 11.7 Å². The van der Waals surface area contributed by atoms with Crippen LogP contribution in [-0.2, 0) is 0 Å². The van der Waals surface area contributed by atoms with Gasteiger partial charge < -0.3 is 20.3 Å². The molecular formula is C15H21NO3S. The highest BCUT2D eigenvalue weighted by atomic mass is 32.2. The fourth-order valence-electron chi connectivity index (χ4n) is 2.41. The quantitative estimate of drug-likeness (QED) is 0.814. The lowest BCUT2D eigenvalue weighted by Gasteiger charge is -2.21. The van der Waals surface area contributed by atoms with Gasteiger partial charge in [0, 0.05) is 22.6 Å². The van der Waals surface area contributed by atoms with Crippen LogP contribution in [0, 0.1) is 5.92 Å². The number of aliphatic hydroxyl groups is 1. The van der Waals surface area contributed by atoms with Crippen LogP contribution in [0.25, 0.3) is 0 Å². The van der Waals surface area contributed by atoms with E-state index in [-0.39, 0.29) is 17.9 Å². The molecule has 0 spiro atoms. The zero-order valence-electron chi connectivity index (χ0n) is 11.5. The summed E-state index contributed by atoms with van der Waals surface area (Å²) in [6, 6.07) is 6.02. The Hall–Kier alpha value is -0.910. The summed E-state index contributed by atoms with van der Waals surface area (Å²) >= 11 is 1.63. The second kappa shape index (κ2) is 6.24. The van der Waals surface area contributed by atoms with Crippen LogP contribution >= 0.6 is 11.8 Å². The first-order valence-electron chi connectivity index (χ1n) is 7.20. The number of fused-ring (bicyclic) bond motifs is 1. The number of nitrogens with two attached hydrogens (primary N) is 1. The van der Waals surface area contributed by atoms with Gasteiger partial charge >= 0.3 is 0 Å². The summed E-state index contributed by atoms with van der Waals surface area (Å²) in [4.78, 5) is 1.07. The van der Waals surface area contributed by atoms with Gasteiger partial charge in [0.15, 0.2) is 11.5 Å². The zero-order valence-corrected chi connectivity index (χ0v) is 12.3. The van der Waals surface area contributed by atoms with Crippen LogP contribution in [0.2, 0.25) is 0 Å². The molecule has 1 saturated carbocycles. The Labute approximate surface area is 123 Å². The summed E-state index contributed by atoms with van der Waals surface area (Å²) in [5, 5.41) is 9.61. The Bertz CT molecular complexity index is 464. The molecule has 0 amide bonds. The normalized spacial score (nSPS) is 21.1. The first kappa shape index (κ1) is 14.0. The minimum atomic E-state index is 0.0484. The van der Waals surface area contributed by atoms with Crippen LogP contribution in [0.3, 0.4) is 0 Å². The van der Waals surface area contributed by atoms with Crippen molar-refractivity contribution in [3.8, 4) is 11.5 Å². The van der Waals surface area contributed by atoms with Crippen molar-refractivity contribution < 1.29 is 14.6 Å². The molecule has 2 atom stereocenters. The summed E-state index contributed by atoms with van der Waals surface area (Å²) in [5.41, 5.74) is 6.21. The van der Waals surface area contributed by atoms with E-state index in [1.54, 1.807) is 11.8 Å². The molecule has 2 aliphatic rings. The summed E-state index contributed by atoms with van der Waals surface area (Å²) in [6.45, 7) is 1.49. The van der Waals surface area contributed by atoms with Gasteiger partial charge in [-0.3, -0.25) is 0 Å². The summed E-state index contributed by atoms with van der Waals surface area (Å²) < 4.78 is 11.3. The molecule has 1 aromatic carbocycles. The van der Waals surface area contributed by atoms with Crippen LogP contribution in [0.15, 0.2) is 23.1 Å². The molecular weight excluding hydrogens is 274 g/mol. The van der Waals surface area contributed by atoms with Gasteiger partial charge in [-0.15, -0.1) is 11.8 Å². The number of hydrogen-bond donors (Lipinski definition) is 2. The molecule has 110 valence electrons. The number of benzene rings is 1. The van der Waals surface area contributed by atoms with E-state index in [0.29, 0.717) is 19.1 Å². The van der Waals surface area contributed by atoms with Gasteiger partial charge in [-0.05, 0) is 37.0 Å². The molecule has 1 aromatic rings. The van der Waals surface area contributed by atoms with Gasteiger partial charge in [-0.25, -0.2) is 0 Å². The molecule has 1 heterocycles. The van der Waals surface area contributed by atoms with Crippen molar-refractivity contribution in [1.29, 1.82) is 0 Å². The molecule has 0 radical (unpaired) electrons. The summed E-state index contributed by atoms with van der Waals surface area (Å²) in [7, 11) is 0. The molecule has 3 N–H and O–H groups in total. The van der Waals surface area contributed by atoms with Gasteiger partial charge in [0.05, 0.1) is 19.8 Å². The molecule has 2 unspecified atom stereocenters. The molecule has 20 heavy (non-hydrogen) atoms. The van der Waals surface area contributed by atoms with E-state index in [1.807, 2.05) is 18.2 Å². The highest BCUT2D eigenvalue weighted by molar-refractivity contribution is 8.00. The van der Waals surface area contributed by atoms with E-state index in [4.69, 9.17) is 15.2 Å². The first-order valence-corrected chi connectivity index (χ1v) is 8.08. The largest absolute Gasteiger partial charge is 0.490 e. The Kier molecular flexibility index (Phi) is 4.38. The topological polar surface area (TPSA) is 64.7 Å². The number of rotatable bonds is 5. The lowest BCUT2D eigenvalue weighted by molar-refractivity contribution is 0.277. The predicted molar refractivity (Wildman–Crippen MR) is 79.5 cm³/mol. The highest BCUT2D eigenvalue weighted by Crippen LogP contribution is 2.40. The number of ether oxygens (including phenoxy) is 2. The van der Waals surface area contributed by atoms with E-state index >= 15 is 0 Å². The monoisotopic (exact) mass is 295 g/mol. The maximum absolute atomic E-state index is 9.56. The molecule has 1 aliphatic carbocycles. The lowest BCUT2D eigenvalue weighted by Crippen LogP contribution is -2.36. The second-order valence-electron chi connectivity index (χ2n) is 5.41. The summed E-state index contributed by atoms with van der Waals surface area (Å²) in [5.74, 6) is 2.18. The Morgan fingerprint density at radius 1 is 1.25 bits per heavy atom. The van der Waals surface area contributed by atoms with Gasteiger partial charge in [0.2, 0.25) is 0 Å². The average molecular weight is 295 g/mol. The van der Waals surface area contributed by atoms with Crippen molar-refractivity contribution in [3.63, 3.8) is 0 Å². The third-order valence-electron chi connectivity index (χ3n) is 3.78. The van der Waals surface area contributed by atoms with Gasteiger partial charge in [-0.2, -0.15) is 0 Å². The molecule has 3 rings (SSSR count). The van der Waals surface area contributed by atoms with Crippen LogP contribution in [0.5, 0.6) is 11.5 Å². The second-order valence-corrected chi connectivity index (χ2v) is 6.73. The SMILES string of the molecule is NC(C1CC1)C(CO)Sc1ccc2c(c1)OCCCO2. The van der Waals surface area contributed by atoms with Crippen LogP contribution in [0.4, 0.5) is 0 Å². The molecule has 4 nitrogen and oxygen atoms in total. The van der Waals surface area contributed by atoms with E-state index in [1.165, 1.54) is 12.8 Å². The third kappa shape index (κ3) is 3.22. The van der Waals surface area contributed by atoms with Crippen molar-refractivity contribution in [2.75, 3.05) is 19.8 Å². The molecule has 1 aliphatic heterocycles. The van der Waals surface area contributed by atoms with E-state index in [9.17, 15) is 5.11 Å². The van der Waals surface area contributed by atoms with Crippen LogP contribution in [0.1, 0.15) is 19.3 Å². The smallest absolute Gasteiger partial charge is 0.162 e. The van der Waals surface area contributed by atoms with Crippen molar-refractivity contribution in [1.82, 2.24) is 0 Å². The number of hydrogen-bond acceptors (Lipinski definition) is 5. The van der Waals surface area contributed by atoms with Crippen molar-refractivity contribution >= 4 is 11.8 Å². The number of aliphatic hydroxyl groups excluding tert-OH is 1. The Morgan fingerprint density at radius 3 is 2.70 bits per heavy atom. The molecule has 0 bridgehead atoms. The third-order valence-corrected chi connectivity index (χ3v) is 5.07. The van der Waals surface area contributed by atoms with Crippen LogP contribution in [-0.4, -0.2) is 36.2 Å². The van der Waals surface area contributed by atoms with Gasteiger partial charge in [0.1, 0.15) is 0 Å². The van der Waals surface area contributed by atoms with E-state index in [2.05, 4.69) is 0 Å². The van der Waals surface area contributed by atoms with Gasteiger partial charge in [0.25, 0.3) is 0 Å². The molecule has 0 aromatic heterocycles. The van der Waals surface area contributed by atoms with Gasteiger partial charge in [-0.1, -0.05) is 0 Å². The Balaban J connectivity index is 1.71. The zero-order chi connectivity index (χ0) is 13.9. The maximum Gasteiger partial charge on any atom is 0.162 e. The maximum atomic E-state index is 9.56. The Morgan fingerprint density at radius 2 is 2.00 bits per heavy atom. The van der Waals surface area contributed by atoms with E-state index in [0.717, 1.165) is 22.8 Å². The minimum absolute atomic E-state index is 0.0484. The molecule has 5 heteroatoms. The molecule has 0 saturated heterocycles. The predicted octanol–water partition coefficient (Wildman–Crippen LogP) is 2.04.